The van der Waals surface area contributed by atoms with Crippen LogP contribution in [0.1, 0.15) is 19.4 Å². The molecule has 0 aliphatic rings. The summed E-state index contributed by atoms with van der Waals surface area (Å²) in [4.78, 5) is 8.61. The molecule has 0 aliphatic carbocycles. The van der Waals surface area contributed by atoms with E-state index in [0.717, 1.165) is 38.7 Å². The molecule has 0 aliphatic heterocycles. The van der Waals surface area contributed by atoms with Gasteiger partial charge in [0.2, 0.25) is 0 Å². The third-order valence-electron chi connectivity index (χ3n) is 4.62. The van der Waals surface area contributed by atoms with Gasteiger partial charge in [-0.15, -0.1) is 0 Å². The number of fused-ring (bicyclic) bond motifs is 1. The molecule has 3 nitrogen and oxygen atoms in total. The predicted octanol–water partition coefficient (Wildman–Crippen LogP) is 5.19. The lowest BCUT2D eigenvalue weighted by Gasteiger charge is -2.23. The van der Waals surface area contributed by atoms with Gasteiger partial charge in [0, 0.05) is 29.5 Å². The fourth-order valence-electron chi connectivity index (χ4n) is 3.29. The molecule has 0 unspecified atom stereocenters. The number of hydrogen-bond acceptors (Lipinski definition) is 3. The first-order chi connectivity index (χ1) is 12.5. The molecule has 3 heteroatoms. The molecular formula is C23H20N2O. The minimum absolute atomic E-state index is 0.827. The van der Waals surface area contributed by atoms with E-state index in [4.69, 9.17) is 0 Å². The van der Waals surface area contributed by atoms with Crippen molar-refractivity contribution < 1.29 is 5.11 Å². The van der Waals surface area contributed by atoms with Gasteiger partial charge in [0.1, 0.15) is 0 Å². The zero-order chi connectivity index (χ0) is 18.1. The molecule has 2 heterocycles. The Bertz CT molecular complexity index is 1050. The average molecular weight is 340 g/mol. The van der Waals surface area contributed by atoms with Gasteiger partial charge in [-0.2, -0.15) is 0 Å². The van der Waals surface area contributed by atoms with E-state index in [2.05, 4.69) is 40.3 Å². The molecule has 0 radical (unpaired) electrons. The third kappa shape index (κ3) is 2.98. The second-order valence-electron chi connectivity index (χ2n) is 6.94. The maximum atomic E-state index is 10.7. The van der Waals surface area contributed by atoms with Gasteiger partial charge in [-0.25, -0.2) is 0 Å². The molecule has 0 spiro atoms. The van der Waals surface area contributed by atoms with Crippen LogP contribution in [0.25, 0.3) is 33.2 Å². The minimum atomic E-state index is -0.976. The van der Waals surface area contributed by atoms with Crippen molar-refractivity contribution in [3.63, 3.8) is 0 Å². The van der Waals surface area contributed by atoms with Gasteiger partial charge in [0.05, 0.1) is 11.1 Å². The monoisotopic (exact) mass is 340 g/mol. The van der Waals surface area contributed by atoms with Crippen molar-refractivity contribution >= 4 is 10.9 Å². The molecule has 0 saturated heterocycles. The van der Waals surface area contributed by atoms with Crippen LogP contribution >= 0.6 is 0 Å². The highest BCUT2D eigenvalue weighted by atomic mass is 16.3. The average Bonchev–Trinajstić information content (AvgIpc) is 2.67. The topological polar surface area (TPSA) is 46.0 Å². The molecule has 4 rings (SSSR count). The highest BCUT2D eigenvalue weighted by molar-refractivity contribution is 5.96. The standard InChI is InChI=1S/C23H20N2O/c1-23(2,26)20-15-25-21-6-4-3-5-19(21)22(20)18-9-7-16(8-10-18)17-11-13-24-14-12-17/h3-15,26H,1-2H3. The summed E-state index contributed by atoms with van der Waals surface area (Å²) in [5.41, 5.74) is 5.15. The van der Waals surface area contributed by atoms with Crippen LogP contribution in [0.2, 0.25) is 0 Å². The zero-order valence-corrected chi connectivity index (χ0v) is 14.8. The van der Waals surface area contributed by atoms with E-state index >= 15 is 0 Å². The maximum absolute atomic E-state index is 10.7. The van der Waals surface area contributed by atoms with Crippen LogP contribution in [0.3, 0.4) is 0 Å². The summed E-state index contributed by atoms with van der Waals surface area (Å²) in [6.07, 6.45) is 5.38. The molecule has 128 valence electrons. The van der Waals surface area contributed by atoms with Crippen LogP contribution in [-0.4, -0.2) is 15.1 Å². The number of aromatic nitrogens is 2. The van der Waals surface area contributed by atoms with Gasteiger partial charge in [-0.3, -0.25) is 9.97 Å². The Hall–Kier alpha value is -3.04. The molecule has 2 aromatic heterocycles. The van der Waals surface area contributed by atoms with Crippen molar-refractivity contribution in [1.82, 2.24) is 9.97 Å². The Labute approximate surface area is 153 Å². The van der Waals surface area contributed by atoms with Crippen LogP contribution in [0.15, 0.2) is 79.3 Å². The molecule has 0 amide bonds. The highest BCUT2D eigenvalue weighted by Gasteiger charge is 2.23. The molecule has 4 aromatic rings. The number of nitrogens with zero attached hydrogens (tertiary/aromatic N) is 2. The van der Waals surface area contributed by atoms with Crippen molar-refractivity contribution in [3.05, 3.63) is 84.8 Å². The van der Waals surface area contributed by atoms with Gasteiger partial charge in [0.25, 0.3) is 0 Å². The highest BCUT2D eigenvalue weighted by Crippen LogP contribution is 2.37. The van der Waals surface area contributed by atoms with E-state index in [0.29, 0.717) is 0 Å². The SMILES string of the molecule is CC(C)(O)c1cnc2ccccc2c1-c1ccc(-c2ccncc2)cc1. The fraction of sp³-hybridized carbons (Fsp3) is 0.130. The van der Waals surface area contributed by atoms with E-state index in [1.807, 2.05) is 30.3 Å². The summed E-state index contributed by atoms with van der Waals surface area (Å²) in [6, 6.07) is 20.5. The first kappa shape index (κ1) is 16.4. The number of benzene rings is 2. The van der Waals surface area contributed by atoms with Crippen LogP contribution in [-0.2, 0) is 5.60 Å². The van der Waals surface area contributed by atoms with Gasteiger partial charge < -0.3 is 5.11 Å². The second kappa shape index (κ2) is 6.36. The number of rotatable bonds is 3. The Morgan fingerprint density at radius 2 is 1.38 bits per heavy atom. The van der Waals surface area contributed by atoms with Gasteiger partial charge in [-0.05, 0) is 54.3 Å². The summed E-state index contributed by atoms with van der Waals surface area (Å²) < 4.78 is 0. The Morgan fingerprint density at radius 1 is 0.769 bits per heavy atom. The Balaban J connectivity index is 1.91. The van der Waals surface area contributed by atoms with E-state index in [9.17, 15) is 5.11 Å². The van der Waals surface area contributed by atoms with Crippen LogP contribution in [0.4, 0.5) is 0 Å². The van der Waals surface area contributed by atoms with Gasteiger partial charge in [-0.1, -0.05) is 42.5 Å². The van der Waals surface area contributed by atoms with Gasteiger partial charge in [0.15, 0.2) is 0 Å². The van der Waals surface area contributed by atoms with E-state index in [-0.39, 0.29) is 0 Å². The van der Waals surface area contributed by atoms with Crippen LogP contribution in [0.5, 0.6) is 0 Å². The molecule has 1 N–H and O–H groups in total. The molecule has 26 heavy (non-hydrogen) atoms. The molecule has 0 atom stereocenters. The van der Waals surface area contributed by atoms with Crippen LogP contribution < -0.4 is 0 Å². The lowest BCUT2D eigenvalue weighted by molar-refractivity contribution is 0.0790. The number of hydrogen-bond donors (Lipinski definition) is 1. The zero-order valence-electron chi connectivity index (χ0n) is 14.8. The first-order valence-electron chi connectivity index (χ1n) is 8.65. The van der Waals surface area contributed by atoms with Crippen molar-refractivity contribution in [2.75, 3.05) is 0 Å². The summed E-state index contributed by atoms with van der Waals surface area (Å²) >= 11 is 0. The van der Waals surface area contributed by atoms with Crippen molar-refractivity contribution in [2.24, 2.45) is 0 Å². The molecule has 0 saturated carbocycles. The molecular weight excluding hydrogens is 320 g/mol. The molecule has 0 bridgehead atoms. The van der Waals surface area contributed by atoms with Crippen molar-refractivity contribution in [3.8, 4) is 22.3 Å². The fourth-order valence-corrected chi connectivity index (χ4v) is 3.29. The smallest absolute Gasteiger partial charge is 0.0861 e. The Kier molecular flexibility index (Phi) is 4.02. The minimum Gasteiger partial charge on any atom is -0.386 e. The second-order valence-corrected chi connectivity index (χ2v) is 6.94. The van der Waals surface area contributed by atoms with Crippen LogP contribution in [0, 0.1) is 0 Å². The van der Waals surface area contributed by atoms with Gasteiger partial charge >= 0.3 is 0 Å². The lowest BCUT2D eigenvalue weighted by atomic mass is 9.88. The lowest BCUT2D eigenvalue weighted by Crippen LogP contribution is -2.17. The maximum Gasteiger partial charge on any atom is 0.0861 e. The molecule has 2 aromatic carbocycles. The number of pyridine rings is 2. The van der Waals surface area contributed by atoms with E-state index in [1.165, 1.54) is 0 Å². The normalized spacial score (nSPS) is 11.7. The third-order valence-corrected chi connectivity index (χ3v) is 4.62. The summed E-state index contributed by atoms with van der Waals surface area (Å²) in [7, 11) is 0. The number of aliphatic hydroxyl groups is 1. The largest absolute Gasteiger partial charge is 0.386 e. The number of para-hydroxylation sites is 1. The predicted molar refractivity (Wildman–Crippen MR) is 106 cm³/mol. The first-order valence-corrected chi connectivity index (χ1v) is 8.65. The van der Waals surface area contributed by atoms with Crippen molar-refractivity contribution in [1.29, 1.82) is 0 Å². The summed E-state index contributed by atoms with van der Waals surface area (Å²) in [5, 5.41) is 11.7. The molecule has 0 fully saturated rings. The summed E-state index contributed by atoms with van der Waals surface area (Å²) in [6.45, 7) is 3.60. The van der Waals surface area contributed by atoms with Crippen molar-refractivity contribution in [2.45, 2.75) is 19.4 Å². The summed E-state index contributed by atoms with van der Waals surface area (Å²) in [5.74, 6) is 0. The van der Waals surface area contributed by atoms with E-state index in [1.54, 1.807) is 32.4 Å². The quantitative estimate of drug-likeness (QED) is 0.558. The van der Waals surface area contributed by atoms with E-state index < -0.39 is 5.60 Å². The Morgan fingerprint density at radius 3 is 2.08 bits per heavy atom.